The second-order valence-corrected chi connectivity index (χ2v) is 6.06. The summed E-state index contributed by atoms with van der Waals surface area (Å²) in [6.45, 7) is 0. The molecule has 0 aliphatic carbocycles. The van der Waals surface area contributed by atoms with E-state index < -0.39 is 0 Å². The molecule has 0 amide bonds. The summed E-state index contributed by atoms with van der Waals surface area (Å²) in [5, 5.41) is 4.48. The SMILES string of the molecule is CSc1csc2cc(CBr)cc(Br)c12. The van der Waals surface area contributed by atoms with Crippen LogP contribution in [-0.2, 0) is 5.33 Å². The third kappa shape index (κ3) is 1.90. The first-order valence-corrected chi connectivity index (χ1v) is 8.07. The molecule has 1 aromatic carbocycles. The molecule has 0 spiro atoms. The van der Waals surface area contributed by atoms with Gasteiger partial charge in [0.1, 0.15) is 0 Å². The zero-order chi connectivity index (χ0) is 10.1. The fourth-order valence-electron chi connectivity index (χ4n) is 1.37. The number of hydrogen-bond donors (Lipinski definition) is 0. The Bertz CT molecular complexity index is 462. The third-order valence-electron chi connectivity index (χ3n) is 2.03. The van der Waals surface area contributed by atoms with Gasteiger partial charge in [-0.2, -0.15) is 0 Å². The first kappa shape index (κ1) is 11.0. The highest BCUT2D eigenvalue weighted by Crippen LogP contribution is 2.38. The minimum Gasteiger partial charge on any atom is -0.143 e. The lowest BCUT2D eigenvalue weighted by Gasteiger charge is -2.01. The van der Waals surface area contributed by atoms with Gasteiger partial charge in [-0.15, -0.1) is 23.1 Å². The molecule has 2 aromatic rings. The minimum absolute atomic E-state index is 0.911. The summed E-state index contributed by atoms with van der Waals surface area (Å²) in [7, 11) is 0. The predicted molar refractivity (Wildman–Crippen MR) is 73.9 cm³/mol. The molecule has 0 radical (unpaired) electrons. The molecule has 14 heavy (non-hydrogen) atoms. The fraction of sp³-hybridized carbons (Fsp3) is 0.200. The van der Waals surface area contributed by atoms with E-state index in [9.17, 15) is 0 Å². The number of thiophene rings is 1. The smallest absolute Gasteiger partial charge is 0.0368 e. The Morgan fingerprint density at radius 3 is 2.86 bits per heavy atom. The lowest BCUT2D eigenvalue weighted by atomic mass is 10.2. The Kier molecular flexibility index (Phi) is 3.58. The summed E-state index contributed by atoms with van der Waals surface area (Å²) in [6.07, 6.45) is 2.12. The van der Waals surface area contributed by atoms with Gasteiger partial charge >= 0.3 is 0 Å². The topological polar surface area (TPSA) is 0 Å². The van der Waals surface area contributed by atoms with Crippen LogP contribution in [0.1, 0.15) is 5.56 Å². The summed E-state index contributed by atoms with van der Waals surface area (Å²) in [6, 6.07) is 4.43. The molecule has 0 nitrogen and oxygen atoms in total. The molecule has 0 fully saturated rings. The number of benzene rings is 1. The molecule has 4 heteroatoms. The summed E-state index contributed by atoms with van der Waals surface area (Å²) >= 11 is 10.7. The fourth-order valence-corrected chi connectivity index (χ4v) is 4.60. The van der Waals surface area contributed by atoms with Crippen LogP contribution in [0.2, 0.25) is 0 Å². The zero-order valence-electron chi connectivity index (χ0n) is 7.51. The van der Waals surface area contributed by atoms with E-state index >= 15 is 0 Å². The molecule has 1 heterocycles. The van der Waals surface area contributed by atoms with Crippen molar-refractivity contribution in [2.45, 2.75) is 10.2 Å². The highest BCUT2D eigenvalue weighted by Gasteiger charge is 2.08. The van der Waals surface area contributed by atoms with E-state index in [1.54, 1.807) is 11.8 Å². The normalized spacial score (nSPS) is 11.1. The Hall–Kier alpha value is 0.490. The van der Waals surface area contributed by atoms with E-state index in [0.29, 0.717) is 0 Å². The number of fused-ring (bicyclic) bond motifs is 1. The second-order valence-electron chi connectivity index (χ2n) is 2.89. The maximum absolute atomic E-state index is 3.63. The molecule has 0 saturated carbocycles. The number of halogens is 2. The van der Waals surface area contributed by atoms with Crippen LogP contribution in [0.4, 0.5) is 0 Å². The van der Waals surface area contributed by atoms with Gasteiger partial charge in [-0.25, -0.2) is 0 Å². The van der Waals surface area contributed by atoms with Crippen molar-refractivity contribution >= 4 is 65.0 Å². The van der Waals surface area contributed by atoms with Crippen molar-refractivity contribution in [3.05, 3.63) is 27.5 Å². The highest BCUT2D eigenvalue weighted by molar-refractivity contribution is 9.10. The average molecular weight is 352 g/mol. The molecule has 74 valence electrons. The second kappa shape index (κ2) is 4.56. The number of alkyl halides is 1. The third-order valence-corrected chi connectivity index (χ3v) is 5.14. The van der Waals surface area contributed by atoms with Crippen LogP contribution in [0, 0.1) is 0 Å². The predicted octanol–water partition coefficient (Wildman–Crippen LogP) is 5.28. The first-order chi connectivity index (χ1) is 6.76. The molecule has 0 N–H and O–H groups in total. The monoisotopic (exact) mass is 350 g/mol. The van der Waals surface area contributed by atoms with Crippen molar-refractivity contribution in [2.24, 2.45) is 0 Å². The van der Waals surface area contributed by atoms with Crippen LogP contribution in [0.15, 0.2) is 26.9 Å². The summed E-state index contributed by atoms with van der Waals surface area (Å²) < 4.78 is 2.56. The number of hydrogen-bond acceptors (Lipinski definition) is 2. The molecule has 0 bridgehead atoms. The van der Waals surface area contributed by atoms with Gasteiger partial charge in [0.2, 0.25) is 0 Å². The van der Waals surface area contributed by atoms with Gasteiger partial charge < -0.3 is 0 Å². The van der Waals surface area contributed by atoms with Crippen LogP contribution >= 0.6 is 55.0 Å². The van der Waals surface area contributed by atoms with E-state index in [1.807, 2.05) is 11.3 Å². The van der Waals surface area contributed by atoms with Gasteiger partial charge in [0.25, 0.3) is 0 Å². The van der Waals surface area contributed by atoms with Crippen molar-refractivity contribution in [3.63, 3.8) is 0 Å². The quantitative estimate of drug-likeness (QED) is 0.523. The van der Waals surface area contributed by atoms with Crippen LogP contribution in [-0.4, -0.2) is 6.26 Å². The van der Waals surface area contributed by atoms with Gasteiger partial charge in [-0.05, 0) is 24.0 Å². The van der Waals surface area contributed by atoms with E-state index in [2.05, 4.69) is 55.6 Å². The van der Waals surface area contributed by atoms with Gasteiger partial charge in [-0.3, -0.25) is 0 Å². The van der Waals surface area contributed by atoms with Crippen LogP contribution in [0.25, 0.3) is 10.1 Å². The average Bonchev–Trinajstić information content (AvgIpc) is 2.61. The van der Waals surface area contributed by atoms with E-state index in [4.69, 9.17) is 0 Å². The Labute approximate surface area is 108 Å². The molecular weight excluding hydrogens is 344 g/mol. The van der Waals surface area contributed by atoms with E-state index in [-0.39, 0.29) is 0 Å². The zero-order valence-corrected chi connectivity index (χ0v) is 12.3. The standard InChI is InChI=1S/C10H8Br2S2/c1-13-9-5-14-8-3-6(4-11)2-7(12)10(8)9/h2-3,5H,4H2,1H3. The highest BCUT2D eigenvalue weighted by atomic mass is 79.9. The summed E-state index contributed by atoms with van der Waals surface area (Å²) in [5.74, 6) is 0. The molecular formula is C10H8Br2S2. The minimum atomic E-state index is 0.911. The largest absolute Gasteiger partial charge is 0.143 e. The number of rotatable bonds is 2. The summed E-state index contributed by atoms with van der Waals surface area (Å²) in [5.41, 5.74) is 1.32. The van der Waals surface area contributed by atoms with Gasteiger partial charge in [0.15, 0.2) is 0 Å². The Morgan fingerprint density at radius 2 is 2.21 bits per heavy atom. The van der Waals surface area contributed by atoms with Gasteiger partial charge in [-0.1, -0.05) is 31.9 Å². The summed E-state index contributed by atoms with van der Waals surface area (Å²) in [4.78, 5) is 1.36. The van der Waals surface area contributed by atoms with Gasteiger partial charge in [0, 0.05) is 30.2 Å². The Morgan fingerprint density at radius 1 is 1.43 bits per heavy atom. The molecule has 0 aliphatic rings. The van der Waals surface area contributed by atoms with Crippen molar-refractivity contribution < 1.29 is 0 Å². The van der Waals surface area contributed by atoms with Crippen molar-refractivity contribution in [3.8, 4) is 0 Å². The molecule has 0 unspecified atom stereocenters. The van der Waals surface area contributed by atoms with Gasteiger partial charge in [0.05, 0.1) is 0 Å². The van der Waals surface area contributed by atoms with Crippen molar-refractivity contribution in [1.29, 1.82) is 0 Å². The molecule has 0 saturated heterocycles. The van der Waals surface area contributed by atoms with Crippen molar-refractivity contribution in [2.75, 3.05) is 6.26 Å². The first-order valence-electron chi connectivity index (χ1n) is 4.06. The lowest BCUT2D eigenvalue weighted by molar-refractivity contribution is 1.45. The number of thioether (sulfide) groups is 1. The van der Waals surface area contributed by atoms with E-state index in [0.717, 1.165) is 5.33 Å². The van der Waals surface area contributed by atoms with Crippen LogP contribution in [0.5, 0.6) is 0 Å². The van der Waals surface area contributed by atoms with Crippen LogP contribution in [0.3, 0.4) is 0 Å². The molecule has 1 aromatic heterocycles. The van der Waals surface area contributed by atoms with E-state index in [1.165, 1.54) is 25.0 Å². The molecule has 0 aliphatic heterocycles. The lowest BCUT2D eigenvalue weighted by Crippen LogP contribution is -1.78. The maximum atomic E-state index is 3.63. The molecule has 0 atom stereocenters. The van der Waals surface area contributed by atoms with Crippen LogP contribution < -0.4 is 0 Å². The maximum Gasteiger partial charge on any atom is 0.0368 e. The molecule has 2 rings (SSSR count). The van der Waals surface area contributed by atoms with Crippen molar-refractivity contribution in [1.82, 2.24) is 0 Å². The Balaban J connectivity index is 2.72.